The Kier molecular flexibility index (Phi) is 5.87. The minimum absolute atomic E-state index is 0.0477. The van der Waals surface area contributed by atoms with Gasteiger partial charge in [0.25, 0.3) is 5.91 Å². The molecule has 0 aromatic heterocycles. The first kappa shape index (κ1) is 14.9. The number of hydrogen-bond donors (Lipinski definition) is 1. The van der Waals surface area contributed by atoms with Crippen molar-refractivity contribution in [2.45, 2.75) is 38.2 Å². The smallest absolute Gasteiger partial charge is 0.251 e. The van der Waals surface area contributed by atoms with Crippen LogP contribution in [0.4, 0.5) is 0 Å². The van der Waals surface area contributed by atoms with Crippen LogP contribution in [0.5, 0.6) is 5.75 Å². The molecule has 4 heteroatoms. The zero-order valence-corrected chi connectivity index (χ0v) is 12.1. The lowest BCUT2D eigenvalue weighted by atomic mass is 10.2. The van der Waals surface area contributed by atoms with Crippen LogP contribution in [0.1, 0.15) is 42.5 Å². The summed E-state index contributed by atoms with van der Waals surface area (Å²) in [6, 6.07) is 7.39. The van der Waals surface area contributed by atoms with Gasteiger partial charge in [0.1, 0.15) is 5.75 Å². The van der Waals surface area contributed by atoms with Crippen molar-refractivity contribution < 1.29 is 14.3 Å². The second kappa shape index (κ2) is 7.90. The highest BCUT2D eigenvalue weighted by Gasteiger charge is 2.16. The van der Waals surface area contributed by atoms with E-state index in [1.165, 1.54) is 12.8 Å². The molecule has 1 aromatic rings. The molecule has 110 valence electrons. The van der Waals surface area contributed by atoms with Gasteiger partial charge in [-0.05, 0) is 56.4 Å². The number of nitrogens with one attached hydrogen (secondary N) is 1. The molecule has 1 N–H and O–H groups in total. The van der Waals surface area contributed by atoms with E-state index in [4.69, 9.17) is 9.47 Å². The van der Waals surface area contributed by atoms with Crippen molar-refractivity contribution in [1.82, 2.24) is 5.32 Å². The fourth-order valence-electron chi connectivity index (χ4n) is 2.40. The van der Waals surface area contributed by atoms with E-state index < -0.39 is 0 Å². The van der Waals surface area contributed by atoms with Crippen molar-refractivity contribution in [3.8, 4) is 5.75 Å². The van der Waals surface area contributed by atoms with Crippen molar-refractivity contribution in [2.75, 3.05) is 20.3 Å². The summed E-state index contributed by atoms with van der Waals surface area (Å²) >= 11 is 0. The molecule has 0 aliphatic heterocycles. The van der Waals surface area contributed by atoms with E-state index >= 15 is 0 Å². The Labute approximate surface area is 120 Å². The van der Waals surface area contributed by atoms with Crippen molar-refractivity contribution in [2.24, 2.45) is 0 Å². The lowest BCUT2D eigenvalue weighted by Crippen LogP contribution is -2.25. The van der Waals surface area contributed by atoms with Crippen LogP contribution in [-0.2, 0) is 4.74 Å². The summed E-state index contributed by atoms with van der Waals surface area (Å²) in [5.74, 6) is 0.807. The van der Waals surface area contributed by atoms with Gasteiger partial charge in [-0.3, -0.25) is 4.79 Å². The molecule has 20 heavy (non-hydrogen) atoms. The van der Waals surface area contributed by atoms with Gasteiger partial charge in [0.05, 0.1) is 6.10 Å². The van der Waals surface area contributed by atoms with Crippen molar-refractivity contribution >= 4 is 5.91 Å². The summed E-state index contributed by atoms with van der Waals surface area (Å²) in [7, 11) is 1.66. The zero-order valence-electron chi connectivity index (χ0n) is 12.1. The minimum atomic E-state index is -0.0477. The molecule has 0 heterocycles. The van der Waals surface area contributed by atoms with Crippen molar-refractivity contribution in [1.29, 1.82) is 0 Å². The van der Waals surface area contributed by atoms with Crippen LogP contribution in [0.2, 0.25) is 0 Å². The summed E-state index contributed by atoms with van der Waals surface area (Å²) in [4.78, 5) is 11.9. The Morgan fingerprint density at radius 1 is 1.25 bits per heavy atom. The number of rotatable bonds is 7. The number of benzene rings is 1. The molecule has 1 fully saturated rings. The first-order valence-corrected chi connectivity index (χ1v) is 7.33. The average Bonchev–Trinajstić information content (AvgIpc) is 2.97. The topological polar surface area (TPSA) is 47.6 Å². The molecule has 0 saturated heterocycles. The van der Waals surface area contributed by atoms with Crippen molar-refractivity contribution in [3.05, 3.63) is 29.8 Å². The van der Waals surface area contributed by atoms with Gasteiger partial charge in [0.2, 0.25) is 0 Å². The Morgan fingerprint density at radius 2 is 1.95 bits per heavy atom. The van der Waals surface area contributed by atoms with Gasteiger partial charge in [-0.25, -0.2) is 0 Å². The number of methoxy groups -OCH3 is 1. The van der Waals surface area contributed by atoms with Gasteiger partial charge in [0, 0.05) is 25.8 Å². The first-order chi connectivity index (χ1) is 9.79. The van der Waals surface area contributed by atoms with Gasteiger partial charge >= 0.3 is 0 Å². The third-order valence-electron chi connectivity index (χ3n) is 3.53. The molecule has 2 rings (SSSR count). The highest BCUT2D eigenvalue weighted by Crippen LogP contribution is 2.24. The van der Waals surface area contributed by atoms with Gasteiger partial charge in [-0.2, -0.15) is 0 Å². The van der Waals surface area contributed by atoms with Crippen LogP contribution in [0.25, 0.3) is 0 Å². The van der Waals surface area contributed by atoms with E-state index in [9.17, 15) is 4.79 Å². The molecule has 1 aliphatic rings. The monoisotopic (exact) mass is 277 g/mol. The van der Waals surface area contributed by atoms with Crippen molar-refractivity contribution in [3.63, 3.8) is 0 Å². The molecule has 1 aliphatic carbocycles. The minimum Gasteiger partial charge on any atom is -0.490 e. The summed E-state index contributed by atoms with van der Waals surface area (Å²) < 4.78 is 10.8. The molecule has 4 nitrogen and oxygen atoms in total. The third kappa shape index (κ3) is 4.53. The highest BCUT2D eigenvalue weighted by molar-refractivity contribution is 5.94. The van der Waals surface area contributed by atoms with Gasteiger partial charge < -0.3 is 14.8 Å². The molecular weight excluding hydrogens is 254 g/mol. The van der Waals surface area contributed by atoms with Gasteiger partial charge in [-0.15, -0.1) is 0 Å². The largest absolute Gasteiger partial charge is 0.490 e. The van der Waals surface area contributed by atoms with E-state index in [0.29, 0.717) is 24.8 Å². The summed E-state index contributed by atoms with van der Waals surface area (Å²) in [5.41, 5.74) is 0.668. The van der Waals surface area contributed by atoms with Crippen LogP contribution >= 0.6 is 0 Å². The Morgan fingerprint density at radius 3 is 2.60 bits per heavy atom. The van der Waals surface area contributed by atoms with E-state index in [-0.39, 0.29) is 5.91 Å². The Hall–Kier alpha value is -1.55. The van der Waals surface area contributed by atoms with E-state index in [1.807, 2.05) is 24.3 Å². The number of carbonyl (C=O) groups excluding carboxylic acids is 1. The van der Waals surface area contributed by atoms with Gasteiger partial charge in [0.15, 0.2) is 0 Å². The van der Waals surface area contributed by atoms with Crippen LogP contribution < -0.4 is 10.1 Å². The molecule has 1 aromatic carbocycles. The number of carbonyl (C=O) groups is 1. The summed E-state index contributed by atoms with van der Waals surface area (Å²) in [5, 5.41) is 2.87. The quantitative estimate of drug-likeness (QED) is 0.780. The molecule has 1 amide bonds. The molecular formula is C16H23NO3. The van der Waals surface area contributed by atoms with Crippen LogP contribution in [0, 0.1) is 0 Å². The molecule has 0 bridgehead atoms. The maximum absolute atomic E-state index is 11.9. The van der Waals surface area contributed by atoms with E-state index in [1.54, 1.807) is 7.11 Å². The number of ether oxygens (including phenoxy) is 2. The molecule has 1 saturated carbocycles. The molecule has 0 atom stereocenters. The van der Waals surface area contributed by atoms with Gasteiger partial charge in [-0.1, -0.05) is 0 Å². The Bertz CT molecular complexity index is 410. The lowest BCUT2D eigenvalue weighted by Gasteiger charge is -2.13. The fraction of sp³-hybridized carbons (Fsp3) is 0.562. The first-order valence-electron chi connectivity index (χ1n) is 7.33. The summed E-state index contributed by atoms with van der Waals surface area (Å²) in [6.45, 7) is 1.29. The SMILES string of the molecule is COCCCNC(=O)c1ccc(OC2CCCC2)cc1. The second-order valence-electron chi connectivity index (χ2n) is 5.15. The number of hydrogen-bond acceptors (Lipinski definition) is 3. The van der Waals surface area contributed by atoms with Crippen LogP contribution in [-0.4, -0.2) is 32.3 Å². The van der Waals surface area contributed by atoms with E-state index in [2.05, 4.69) is 5.32 Å². The lowest BCUT2D eigenvalue weighted by molar-refractivity contribution is 0.0948. The standard InChI is InChI=1S/C16H23NO3/c1-19-12-4-11-17-16(18)13-7-9-15(10-8-13)20-14-5-2-3-6-14/h7-10,14H,2-6,11-12H2,1H3,(H,17,18). The molecule has 0 spiro atoms. The predicted molar refractivity (Wildman–Crippen MR) is 78.2 cm³/mol. The summed E-state index contributed by atoms with van der Waals surface area (Å²) in [6.07, 6.45) is 5.97. The van der Waals surface area contributed by atoms with Crippen LogP contribution in [0.15, 0.2) is 24.3 Å². The molecule has 0 radical (unpaired) electrons. The van der Waals surface area contributed by atoms with Crippen LogP contribution in [0.3, 0.4) is 0 Å². The fourth-order valence-corrected chi connectivity index (χ4v) is 2.40. The highest BCUT2D eigenvalue weighted by atomic mass is 16.5. The maximum Gasteiger partial charge on any atom is 0.251 e. The molecule has 0 unspecified atom stereocenters. The zero-order chi connectivity index (χ0) is 14.2. The maximum atomic E-state index is 11.9. The number of amides is 1. The normalized spacial score (nSPS) is 15.2. The third-order valence-corrected chi connectivity index (χ3v) is 3.53. The second-order valence-corrected chi connectivity index (χ2v) is 5.15. The average molecular weight is 277 g/mol. The Balaban J connectivity index is 1.79. The van der Waals surface area contributed by atoms with E-state index in [0.717, 1.165) is 25.0 Å². The predicted octanol–water partition coefficient (Wildman–Crippen LogP) is 2.77.